The number of aromatic nitrogens is 1. The zero-order valence-corrected chi connectivity index (χ0v) is 10.7. The number of halogens is 1. The lowest BCUT2D eigenvalue weighted by molar-refractivity contribution is 0.0454. The van der Waals surface area contributed by atoms with E-state index < -0.39 is 0 Å². The van der Waals surface area contributed by atoms with Crippen molar-refractivity contribution in [1.82, 2.24) is 4.98 Å². The van der Waals surface area contributed by atoms with Crippen LogP contribution in [-0.2, 0) is 11.3 Å². The lowest BCUT2D eigenvalue weighted by Gasteiger charge is -2.16. The van der Waals surface area contributed by atoms with Gasteiger partial charge >= 0.3 is 0 Å². The molecule has 0 fully saturated rings. The predicted octanol–water partition coefficient (Wildman–Crippen LogP) is 2.95. The maximum absolute atomic E-state index is 5.83. The molecule has 0 saturated carbocycles. The first-order valence-electron chi connectivity index (χ1n) is 5.75. The summed E-state index contributed by atoms with van der Waals surface area (Å²) in [6.45, 7) is 0.938. The van der Waals surface area contributed by atoms with E-state index in [1.54, 1.807) is 12.4 Å². The Morgan fingerprint density at radius 3 is 2.61 bits per heavy atom. The largest absolute Gasteiger partial charge is 0.367 e. The summed E-state index contributed by atoms with van der Waals surface area (Å²) in [5, 5.41) is 0.724. The van der Waals surface area contributed by atoms with Crippen molar-refractivity contribution in [3.05, 3.63) is 64.9 Å². The van der Waals surface area contributed by atoms with E-state index >= 15 is 0 Å². The molecule has 1 atom stereocenters. The molecule has 0 spiro atoms. The number of nitrogens with zero attached hydrogens (tertiary/aromatic N) is 1. The highest BCUT2D eigenvalue weighted by Crippen LogP contribution is 2.18. The minimum atomic E-state index is -0.130. The van der Waals surface area contributed by atoms with Crippen LogP contribution in [0.25, 0.3) is 0 Å². The number of nitrogens with two attached hydrogens (primary N) is 1. The SMILES string of the molecule is NCC(OCc1ccc(Cl)cc1)c1cccnc1. The van der Waals surface area contributed by atoms with Gasteiger partial charge in [-0.3, -0.25) is 4.98 Å². The first kappa shape index (κ1) is 13.0. The van der Waals surface area contributed by atoms with Gasteiger partial charge in [0.2, 0.25) is 0 Å². The molecule has 0 amide bonds. The summed E-state index contributed by atoms with van der Waals surface area (Å²) in [7, 11) is 0. The second kappa shape index (κ2) is 6.50. The van der Waals surface area contributed by atoms with Gasteiger partial charge in [0, 0.05) is 29.5 Å². The zero-order chi connectivity index (χ0) is 12.8. The minimum absolute atomic E-state index is 0.130. The number of rotatable bonds is 5. The molecule has 2 rings (SSSR count). The Labute approximate surface area is 112 Å². The Hall–Kier alpha value is -1.42. The second-order valence-corrected chi connectivity index (χ2v) is 4.38. The van der Waals surface area contributed by atoms with Crippen LogP contribution in [-0.4, -0.2) is 11.5 Å². The van der Waals surface area contributed by atoms with Crippen molar-refractivity contribution in [2.45, 2.75) is 12.7 Å². The van der Waals surface area contributed by atoms with E-state index in [9.17, 15) is 0 Å². The predicted molar refractivity (Wildman–Crippen MR) is 72.3 cm³/mol. The number of ether oxygens (including phenoxy) is 1. The van der Waals surface area contributed by atoms with E-state index in [2.05, 4.69) is 4.98 Å². The lowest BCUT2D eigenvalue weighted by Crippen LogP contribution is -2.16. The zero-order valence-electron chi connectivity index (χ0n) is 9.92. The Morgan fingerprint density at radius 2 is 2.00 bits per heavy atom. The second-order valence-electron chi connectivity index (χ2n) is 3.95. The van der Waals surface area contributed by atoms with Gasteiger partial charge in [-0.25, -0.2) is 0 Å². The standard InChI is InChI=1S/C14H15ClN2O/c15-13-5-3-11(4-6-13)10-18-14(8-16)12-2-1-7-17-9-12/h1-7,9,14H,8,10,16H2. The van der Waals surface area contributed by atoms with E-state index in [0.29, 0.717) is 13.2 Å². The van der Waals surface area contributed by atoms with Crippen LogP contribution in [0.4, 0.5) is 0 Å². The molecule has 0 bridgehead atoms. The van der Waals surface area contributed by atoms with Gasteiger partial charge in [-0.2, -0.15) is 0 Å². The third-order valence-corrected chi connectivity index (χ3v) is 2.89. The normalized spacial score (nSPS) is 12.3. The summed E-state index contributed by atoms with van der Waals surface area (Å²) in [6.07, 6.45) is 3.38. The highest BCUT2D eigenvalue weighted by Gasteiger charge is 2.09. The molecule has 0 radical (unpaired) electrons. The van der Waals surface area contributed by atoms with Crippen LogP contribution in [0.3, 0.4) is 0 Å². The van der Waals surface area contributed by atoms with Crippen LogP contribution in [0, 0.1) is 0 Å². The molecule has 3 nitrogen and oxygen atoms in total. The molecule has 0 aliphatic heterocycles. The van der Waals surface area contributed by atoms with Crippen molar-refractivity contribution < 1.29 is 4.74 Å². The summed E-state index contributed by atoms with van der Waals surface area (Å²) in [5.41, 5.74) is 7.78. The summed E-state index contributed by atoms with van der Waals surface area (Å²) >= 11 is 5.83. The first-order chi connectivity index (χ1) is 8.79. The maximum atomic E-state index is 5.83. The van der Waals surface area contributed by atoms with Crippen LogP contribution in [0.5, 0.6) is 0 Å². The molecule has 94 valence electrons. The van der Waals surface area contributed by atoms with Gasteiger partial charge in [0.05, 0.1) is 12.7 Å². The van der Waals surface area contributed by atoms with Crippen molar-refractivity contribution in [2.75, 3.05) is 6.54 Å². The number of pyridine rings is 1. The van der Waals surface area contributed by atoms with Crippen LogP contribution in [0.2, 0.25) is 5.02 Å². The topological polar surface area (TPSA) is 48.1 Å². The highest BCUT2D eigenvalue weighted by molar-refractivity contribution is 6.30. The quantitative estimate of drug-likeness (QED) is 0.901. The third kappa shape index (κ3) is 3.53. The minimum Gasteiger partial charge on any atom is -0.367 e. The molecule has 0 aliphatic rings. The van der Waals surface area contributed by atoms with E-state index in [1.807, 2.05) is 36.4 Å². The molecule has 1 heterocycles. The van der Waals surface area contributed by atoms with Crippen molar-refractivity contribution in [2.24, 2.45) is 5.73 Å². The Balaban J connectivity index is 1.97. The smallest absolute Gasteiger partial charge is 0.0966 e. The molecule has 0 aliphatic carbocycles. The first-order valence-corrected chi connectivity index (χ1v) is 6.13. The average Bonchev–Trinajstić information content (AvgIpc) is 2.43. The lowest BCUT2D eigenvalue weighted by atomic mass is 10.1. The fourth-order valence-electron chi connectivity index (χ4n) is 1.64. The molecule has 0 saturated heterocycles. The molecule has 2 aromatic rings. The average molecular weight is 263 g/mol. The molecule has 2 N–H and O–H groups in total. The third-order valence-electron chi connectivity index (χ3n) is 2.63. The van der Waals surface area contributed by atoms with E-state index in [4.69, 9.17) is 22.1 Å². The summed E-state index contributed by atoms with van der Waals surface area (Å²) in [5.74, 6) is 0. The van der Waals surface area contributed by atoms with Crippen molar-refractivity contribution in [3.63, 3.8) is 0 Å². The molecule has 18 heavy (non-hydrogen) atoms. The number of hydrogen-bond acceptors (Lipinski definition) is 3. The van der Waals surface area contributed by atoms with Crippen molar-refractivity contribution in [1.29, 1.82) is 0 Å². The van der Waals surface area contributed by atoms with Gasteiger partial charge in [-0.05, 0) is 23.8 Å². The van der Waals surface area contributed by atoms with Gasteiger partial charge in [0.25, 0.3) is 0 Å². The van der Waals surface area contributed by atoms with Gasteiger partial charge < -0.3 is 10.5 Å². The fraction of sp³-hybridized carbons (Fsp3) is 0.214. The van der Waals surface area contributed by atoms with Crippen molar-refractivity contribution in [3.8, 4) is 0 Å². The summed E-state index contributed by atoms with van der Waals surface area (Å²) < 4.78 is 5.80. The van der Waals surface area contributed by atoms with Crippen LogP contribution in [0.1, 0.15) is 17.2 Å². The molecule has 1 aromatic carbocycles. The van der Waals surface area contributed by atoms with Crippen LogP contribution >= 0.6 is 11.6 Å². The highest BCUT2D eigenvalue weighted by atomic mass is 35.5. The Morgan fingerprint density at radius 1 is 1.22 bits per heavy atom. The summed E-state index contributed by atoms with van der Waals surface area (Å²) in [4.78, 5) is 4.07. The molecular formula is C14H15ClN2O. The van der Waals surface area contributed by atoms with E-state index in [1.165, 1.54) is 0 Å². The monoisotopic (exact) mass is 262 g/mol. The van der Waals surface area contributed by atoms with Gasteiger partial charge in [0.15, 0.2) is 0 Å². The van der Waals surface area contributed by atoms with Crippen molar-refractivity contribution >= 4 is 11.6 Å². The summed E-state index contributed by atoms with van der Waals surface area (Å²) in [6, 6.07) is 11.4. The Bertz CT molecular complexity index is 473. The maximum Gasteiger partial charge on any atom is 0.0966 e. The molecule has 1 unspecified atom stereocenters. The number of benzene rings is 1. The Kier molecular flexibility index (Phi) is 4.70. The van der Waals surface area contributed by atoms with Gasteiger partial charge in [0.1, 0.15) is 0 Å². The van der Waals surface area contributed by atoms with Gasteiger partial charge in [-0.1, -0.05) is 29.8 Å². The van der Waals surface area contributed by atoms with Gasteiger partial charge in [-0.15, -0.1) is 0 Å². The van der Waals surface area contributed by atoms with E-state index in [0.717, 1.165) is 16.1 Å². The van der Waals surface area contributed by atoms with Crippen LogP contribution < -0.4 is 5.73 Å². The fourth-order valence-corrected chi connectivity index (χ4v) is 1.77. The number of hydrogen-bond donors (Lipinski definition) is 1. The molecular weight excluding hydrogens is 248 g/mol. The molecule has 1 aromatic heterocycles. The van der Waals surface area contributed by atoms with E-state index in [-0.39, 0.29) is 6.10 Å². The van der Waals surface area contributed by atoms with Crippen LogP contribution in [0.15, 0.2) is 48.8 Å². The molecule has 4 heteroatoms.